The minimum atomic E-state index is -5.67. The van der Waals surface area contributed by atoms with Crippen LogP contribution >= 0.6 is 0 Å². The number of hydrogen-bond acceptors (Lipinski definition) is 7. The third-order valence-corrected chi connectivity index (χ3v) is 4.78. The van der Waals surface area contributed by atoms with Gasteiger partial charge in [-0.1, -0.05) is 6.92 Å². The summed E-state index contributed by atoms with van der Waals surface area (Å²) in [5.74, 6) is -2.02. The standard InChI is InChI=1S/C11H20F2O8S2/c1-8(2)21-22(15,16)5-4-9(3)6-10(14)20-7-11(12,13)23(17,18)19/h8-9H,4-7H2,1-3H3,(H,17,18,19). The van der Waals surface area contributed by atoms with Crippen LogP contribution in [0.3, 0.4) is 0 Å². The Hall–Kier alpha value is -0.850. The minimum Gasteiger partial charge on any atom is -0.458 e. The van der Waals surface area contributed by atoms with Crippen LogP contribution in [0.25, 0.3) is 0 Å². The lowest BCUT2D eigenvalue weighted by molar-refractivity contribution is -0.150. The van der Waals surface area contributed by atoms with Gasteiger partial charge >= 0.3 is 21.3 Å². The maximum absolute atomic E-state index is 12.8. The van der Waals surface area contributed by atoms with E-state index in [0.29, 0.717) is 0 Å². The molecule has 0 spiro atoms. The molecule has 1 N–H and O–H groups in total. The first-order chi connectivity index (χ1) is 10.2. The molecule has 0 aromatic carbocycles. The van der Waals surface area contributed by atoms with Gasteiger partial charge in [-0.2, -0.15) is 25.6 Å². The summed E-state index contributed by atoms with van der Waals surface area (Å²) in [6.45, 7) is 2.75. The van der Waals surface area contributed by atoms with Gasteiger partial charge in [-0.25, -0.2) is 0 Å². The van der Waals surface area contributed by atoms with Gasteiger partial charge in [-0.3, -0.25) is 13.5 Å². The van der Waals surface area contributed by atoms with Gasteiger partial charge in [-0.05, 0) is 26.2 Å². The van der Waals surface area contributed by atoms with E-state index >= 15 is 0 Å². The Morgan fingerprint density at radius 2 is 1.70 bits per heavy atom. The number of alkyl halides is 2. The van der Waals surface area contributed by atoms with Gasteiger partial charge in [0.2, 0.25) is 0 Å². The fourth-order valence-corrected chi connectivity index (χ4v) is 2.95. The van der Waals surface area contributed by atoms with Crippen LogP contribution in [0, 0.1) is 5.92 Å². The molecule has 0 rings (SSSR count). The van der Waals surface area contributed by atoms with Crippen LogP contribution < -0.4 is 0 Å². The number of rotatable bonds is 10. The van der Waals surface area contributed by atoms with Gasteiger partial charge in [0, 0.05) is 6.42 Å². The van der Waals surface area contributed by atoms with Crippen molar-refractivity contribution in [1.82, 2.24) is 0 Å². The van der Waals surface area contributed by atoms with Crippen molar-refractivity contribution in [2.75, 3.05) is 12.4 Å². The molecule has 0 bridgehead atoms. The zero-order valence-electron chi connectivity index (χ0n) is 12.9. The lowest BCUT2D eigenvalue weighted by atomic mass is 10.1. The molecular weight excluding hydrogens is 362 g/mol. The molecule has 0 aromatic heterocycles. The predicted molar refractivity (Wildman–Crippen MR) is 75.9 cm³/mol. The fraction of sp³-hybridized carbons (Fsp3) is 0.909. The van der Waals surface area contributed by atoms with E-state index in [-0.39, 0.29) is 12.2 Å². The molecule has 0 amide bonds. The molecule has 0 saturated carbocycles. The summed E-state index contributed by atoms with van der Waals surface area (Å²) >= 11 is 0. The third-order valence-electron chi connectivity index (χ3n) is 2.49. The second kappa shape index (κ2) is 8.31. The van der Waals surface area contributed by atoms with Crippen LogP contribution in [0.2, 0.25) is 0 Å². The molecule has 1 atom stereocenters. The smallest absolute Gasteiger partial charge is 0.402 e. The Labute approximate surface area is 134 Å². The fourth-order valence-electron chi connectivity index (χ4n) is 1.37. The van der Waals surface area contributed by atoms with Crippen molar-refractivity contribution in [3.05, 3.63) is 0 Å². The Bertz CT molecular complexity index is 598. The number of esters is 1. The normalized spacial score (nSPS) is 14.7. The van der Waals surface area contributed by atoms with Crippen molar-refractivity contribution in [2.24, 2.45) is 5.92 Å². The van der Waals surface area contributed by atoms with Crippen LogP contribution in [0.4, 0.5) is 8.78 Å². The van der Waals surface area contributed by atoms with E-state index in [1.54, 1.807) is 0 Å². The quantitative estimate of drug-likeness (QED) is 0.339. The van der Waals surface area contributed by atoms with E-state index in [0.717, 1.165) is 0 Å². The van der Waals surface area contributed by atoms with Crippen molar-refractivity contribution in [3.63, 3.8) is 0 Å². The summed E-state index contributed by atoms with van der Waals surface area (Å²) < 4.78 is 86.3. The van der Waals surface area contributed by atoms with Gasteiger partial charge in [0.15, 0.2) is 6.61 Å². The molecule has 0 aliphatic rings. The molecule has 0 aromatic rings. The van der Waals surface area contributed by atoms with Crippen molar-refractivity contribution >= 4 is 26.2 Å². The Balaban J connectivity index is 4.32. The Kier molecular flexibility index (Phi) is 8.00. The molecule has 138 valence electrons. The summed E-state index contributed by atoms with van der Waals surface area (Å²) in [5.41, 5.74) is 0. The number of hydrogen-bond donors (Lipinski definition) is 1. The molecule has 0 heterocycles. The summed E-state index contributed by atoms with van der Waals surface area (Å²) in [6.07, 6.45) is -0.889. The maximum Gasteiger partial charge on any atom is 0.402 e. The number of ether oxygens (including phenoxy) is 1. The highest BCUT2D eigenvalue weighted by atomic mass is 32.2. The first-order valence-electron chi connectivity index (χ1n) is 6.57. The van der Waals surface area contributed by atoms with Crippen molar-refractivity contribution in [3.8, 4) is 0 Å². The van der Waals surface area contributed by atoms with Gasteiger partial charge in [-0.15, -0.1) is 0 Å². The van der Waals surface area contributed by atoms with Gasteiger partial charge in [0.25, 0.3) is 10.1 Å². The second-order valence-electron chi connectivity index (χ2n) is 5.28. The molecule has 8 nitrogen and oxygen atoms in total. The van der Waals surface area contributed by atoms with E-state index in [1.807, 2.05) is 0 Å². The zero-order valence-corrected chi connectivity index (χ0v) is 14.5. The SMILES string of the molecule is CC(CCS(=O)(=O)OC(C)C)CC(=O)OCC(F)(F)S(=O)(=O)O. The van der Waals surface area contributed by atoms with Crippen LogP contribution in [-0.2, 0) is 34.0 Å². The van der Waals surface area contributed by atoms with Gasteiger partial charge in [0.1, 0.15) is 0 Å². The average molecular weight is 382 g/mol. The van der Waals surface area contributed by atoms with E-state index in [1.165, 1.54) is 20.8 Å². The van der Waals surface area contributed by atoms with Crippen LogP contribution in [0.1, 0.15) is 33.6 Å². The summed E-state index contributed by atoms with van der Waals surface area (Å²) in [5, 5.41) is -4.60. The van der Waals surface area contributed by atoms with E-state index in [9.17, 15) is 30.4 Å². The van der Waals surface area contributed by atoms with Gasteiger partial charge in [0.05, 0.1) is 11.9 Å². The molecule has 1 unspecified atom stereocenters. The predicted octanol–water partition coefficient (Wildman–Crippen LogP) is 1.18. The summed E-state index contributed by atoms with van der Waals surface area (Å²) in [4.78, 5) is 11.3. The zero-order chi connectivity index (χ0) is 18.5. The van der Waals surface area contributed by atoms with E-state index in [4.69, 9.17) is 4.55 Å². The lowest BCUT2D eigenvalue weighted by Gasteiger charge is -2.15. The molecule has 0 aliphatic heterocycles. The molecular formula is C11H20F2O8S2. The van der Waals surface area contributed by atoms with E-state index in [2.05, 4.69) is 8.92 Å². The molecule has 0 radical (unpaired) electrons. The number of carbonyl (C=O) groups is 1. The molecule has 0 saturated heterocycles. The molecule has 12 heteroatoms. The monoisotopic (exact) mass is 382 g/mol. The van der Waals surface area contributed by atoms with Crippen LogP contribution in [0.5, 0.6) is 0 Å². The molecule has 23 heavy (non-hydrogen) atoms. The lowest BCUT2D eigenvalue weighted by Crippen LogP contribution is -2.34. The minimum absolute atomic E-state index is 0.0266. The Morgan fingerprint density at radius 1 is 1.17 bits per heavy atom. The number of carbonyl (C=O) groups excluding carboxylic acids is 1. The third kappa shape index (κ3) is 9.13. The topological polar surface area (TPSA) is 124 Å². The molecule has 0 fully saturated rings. The van der Waals surface area contributed by atoms with E-state index < -0.39 is 56.5 Å². The summed E-state index contributed by atoms with van der Waals surface area (Å²) in [7, 11) is -9.43. The Morgan fingerprint density at radius 3 is 2.13 bits per heavy atom. The molecule has 0 aliphatic carbocycles. The van der Waals surface area contributed by atoms with Crippen molar-refractivity contribution in [1.29, 1.82) is 0 Å². The first-order valence-corrected chi connectivity index (χ1v) is 9.59. The van der Waals surface area contributed by atoms with Crippen molar-refractivity contribution in [2.45, 2.75) is 45.0 Å². The van der Waals surface area contributed by atoms with Crippen LogP contribution in [-0.4, -0.2) is 51.1 Å². The number of halogens is 2. The largest absolute Gasteiger partial charge is 0.458 e. The second-order valence-corrected chi connectivity index (χ2v) is 8.54. The first kappa shape index (κ1) is 22.1. The average Bonchev–Trinajstić information content (AvgIpc) is 2.31. The highest BCUT2D eigenvalue weighted by Gasteiger charge is 2.45. The highest BCUT2D eigenvalue weighted by molar-refractivity contribution is 7.87. The summed E-state index contributed by atoms with van der Waals surface area (Å²) in [6, 6.07) is 0. The van der Waals surface area contributed by atoms with Gasteiger partial charge < -0.3 is 4.74 Å². The van der Waals surface area contributed by atoms with Crippen molar-refractivity contribution < 1.29 is 43.9 Å². The maximum atomic E-state index is 12.8. The van der Waals surface area contributed by atoms with Crippen LogP contribution in [0.15, 0.2) is 0 Å². The highest BCUT2D eigenvalue weighted by Crippen LogP contribution is 2.21.